The third-order valence-corrected chi connectivity index (χ3v) is 5.19. The van der Waals surface area contributed by atoms with Gasteiger partial charge < -0.3 is 14.6 Å². The monoisotopic (exact) mass is 411 g/mol. The zero-order valence-corrected chi connectivity index (χ0v) is 17.7. The number of aromatic nitrogens is 1. The smallest absolute Gasteiger partial charge is 0.128 e. The zero-order valence-electron chi connectivity index (χ0n) is 16.9. The molecule has 2 aromatic carbocycles. The number of aryl methyl sites for hydroxylation is 2. The molecule has 3 rings (SSSR count). The summed E-state index contributed by atoms with van der Waals surface area (Å²) in [5.74, 6) is 1.49. The molecule has 0 radical (unpaired) electrons. The lowest BCUT2D eigenvalue weighted by Crippen LogP contribution is -2.29. The van der Waals surface area contributed by atoms with Crippen molar-refractivity contribution in [3.05, 3.63) is 77.1 Å². The van der Waals surface area contributed by atoms with Gasteiger partial charge in [-0.05, 0) is 79.8 Å². The summed E-state index contributed by atoms with van der Waals surface area (Å²) in [6.07, 6.45) is 4.07. The summed E-state index contributed by atoms with van der Waals surface area (Å²) in [7, 11) is 1.63. The van der Waals surface area contributed by atoms with E-state index in [9.17, 15) is 5.11 Å². The van der Waals surface area contributed by atoms with Gasteiger partial charge in [0, 0.05) is 23.0 Å². The first-order chi connectivity index (χ1) is 14.0. The number of hydrogen-bond acceptors (Lipinski definition) is 4. The Labute approximate surface area is 177 Å². The van der Waals surface area contributed by atoms with Gasteiger partial charge >= 0.3 is 0 Å². The highest BCUT2D eigenvalue weighted by molar-refractivity contribution is 6.30. The normalized spacial score (nSPS) is 13.0. The summed E-state index contributed by atoms with van der Waals surface area (Å²) < 4.78 is 11.5. The van der Waals surface area contributed by atoms with Crippen molar-refractivity contribution in [1.82, 2.24) is 4.98 Å². The number of nitrogens with zero attached hydrogens (tertiary/aromatic N) is 1. The first kappa shape index (κ1) is 21.2. The molecule has 0 aliphatic heterocycles. The maximum atomic E-state index is 10.5. The molecule has 5 heteroatoms. The van der Waals surface area contributed by atoms with E-state index in [-0.39, 0.29) is 6.10 Å². The number of ether oxygens (including phenoxy) is 2. The van der Waals surface area contributed by atoms with E-state index in [1.54, 1.807) is 19.4 Å². The number of pyridine rings is 1. The van der Waals surface area contributed by atoms with E-state index < -0.39 is 6.10 Å². The number of aliphatic hydroxyl groups excluding tert-OH is 1. The molecule has 29 heavy (non-hydrogen) atoms. The number of aliphatic hydroxyl groups is 1. The van der Waals surface area contributed by atoms with E-state index >= 15 is 0 Å². The molecular weight excluding hydrogens is 386 g/mol. The summed E-state index contributed by atoms with van der Waals surface area (Å²) in [4.78, 5) is 4.11. The largest absolute Gasteiger partial charge is 0.496 e. The van der Waals surface area contributed by atoms with Gasteiger partial charge in [0.25, 0.3) is 0 Å². The van der Waals surface area contributed by atoms with Crippen LogP contribution in [0.3, 0.4) is 0 Å². The summed E-state index contributed by atoms with van der Waals surface area (Å²) in [6, 6.07) is 15.5. The van der Waals surface area contributed by atoms with Gasteiger partial charge in [-0.1, -0.05) is 23.7 Å². The number of methoxy groups -OCH3 is 1. The molecule has 0 saturated carbocycles. The fourth-order valence-electron chi connectivity index (χ4n) is 3.23. The molecule has 0 aliphatic rings. The molecule has 152 valence electrons. The van der Waals surface area contributed by atoms with Crippen molar-refractivity contribution >= 4 is 11.6 Å². The minimum absolute atomic E-state index is 0.318. The molecule has 0 saturated heterocycles. The van der Waals surface area contributed by atoms with Crippen molar-refractivity contribution in [3.8, 4) is 22.6 Å². The van der Waals surface area contributed by atoms with Crippen LogP contribution in [0.4, 0.5) is 0 Å². The van der Waals surface area contributed by atoms with Crippen molar-refractivity contribution < 1.29 is 14.6 Å². The van der Waals surface area contributed by atoms with Gasteiger partial charge in [0.05, 0.1) is 13.2 Å². The summed E-state index contributed by atoms with van der Waals surface area (Å²) >= 11 is 6.06. The van der Waals surface area contributed by atoms with Crippen LogP contribution in [-0.2, 0) is 6.42 Å². The van der Waals surface area contributed by atoms with Crippen LogP contribution >= 0.6 is 11.6 Å². The average Bonchev–Trinajstić information content (AvgIpc) is 2.74. The van der Waals surface area contributed by atoms with Crippen LogP contribution in [0.25, 0.3) is 11.1 Å². The predicted molar refractivity (Wildman–Crippen MR) is 117 cm³/mol. The Morgan fingerprint density at radius 1 is 1.10 bits per heavy atom. The summed E-state index contributed by atoms with van der Waals surface area (Å²) in [5.41, 5.74) is 4.09. The van der Waals surface area contributed by atoms with E-state index in [4.69, 9.17) is 21.1 Å². The van der Waals surface area contributed by atoms with E-state index in [0.717, 1.165) is 40.2 Å². The predicted octanol–water partition coefficient (Wildman–Crippen LogP) is 5.48. The van der Waals surface area contributed by atoms with Crippen LogP contribution in [0.15, 0.2) is 60.9 Å². The standard InChI is InChI=1S/C24H26ClNO3/c1-16-13-19(21-9-8-20(25)14-24(21)28-3)7-11-23(16)29-17(2)22(27)10-6-18-5-4-12-26-15-18/h4-5,7-9,11-15,17,22,27H,6,10H2,1-3H3/t17-,22+/m0/s1. The molecular formula is C24H26ClNO3. The molecule has 2 atom stereocenters. The molecule has 0 amide bonds. The number of hydrogen-bond donors (Lipinski definition) is 1. The van der Waals surface area contributed by atoms with Crippen LogP contribution < -0.4 is 9.47 Å². The summed E-state index contributed by atoms with van der Waals surface area (Å²) in [6.45, 7) is 3.89. The molecule has 1 N–H and O–H groups in total. The van der Waals surface area contributed by atoms with E-state index in [0.29, 0.717) is 11.4 Å². The van der Waals surface area contributed by atoms with Gasteiger partial charge in [-0.15, -0.1) is 0 Å². The quantitative estimate of drug-likeness (QED) is 0.533. The third kappa shape index (κ3) is 5.49. The van der Waals surface area contributed by atoms with Gasteiger partial charge in [-0.2, -0.15) is 0 Å². The maximum absolute atomic E-state index is 10.5. The number of rotatable bonds is 8. The molecule has 0 unspecified atom stereocenters. The first-order valence-electron chi connectivity index (χ1n) is 9.66. The van der Waals surface area contributed by atoms with Gasteiger partial charge in [0.2, 0.25) is 0 Å². The van der Waals surface area contributed by atoms with E-state index in [1.807, 2.05) is 56.4 Å². The van der Waals surface area contributed by atoms with Crippen molar-refractivity contribution in [2.24, 2.45) is 0 Å². The lowest BCUT2D eigenvalue weighted by atomic mass is 10.0. The van der Waals surface area contributed by atoms with Crippen molar-refractivity contribution in [3.63, 3.8) is 0 Å². The Hall–Kier alpha value is -2.56. The number of benzene rings is 2. The Kier molecular flexibility index (Phi) is 7.13. The van der Waals surface area contributed by atoms with Crippen LogP contribution in [0.2, 0.25) is 5.02 Å². The minimum Gasteiger partial charge on any atom is -0.496 e. The lowest BCUT2D eigenvalue weighted by molar-refractivity contribution is 0.0416. The van der Waals surface area contributed by atoms with Crippen LogP contribution in [0.5, 0.6) is 11.5 Å². The molecule has 0 aliphatic carbocycles. The first-order valence-corrected chi connectivity index (χ1v) is 10.0. The third-order valence-electron chi connectivity index (χ3n) is 4.96. The fraction of sp³-hybridized carbons (Fsp3) is 0.292. The Morgan fingerprint density at radius 2 is 1.93 bits per heavy atom. The zero-order chi connectivity index (χ0) is 20.8. The minimum atomic E-state index is -0.564. The highest BCUT2D eigenvalue weighted by Gasteiger charge is 2.17. The van der Waals surface area contributed by atoms with E-state index in [1.165, 1.54) is 0 Å². The van der Waals surface area contributed by atoms with Gasteiger partial charge in [0.15, 0.2) is 0 Å². The highest BCUT2D eigenvalue weighted by Crippen LogP contribution is 2.34. The lowest BCUT2D eigenvalue weighted by Gasteiger charge is -2.22. The molecule has 0 spiro atoms. The maximum Gasteiger partial charge on any atom is 0.128 e. The molecule has 1 heterocycles. The van der Waals surface area contributed by atoms with Crippen LogP contribution in [0, 0.1) is 6.92 Å². The Bertz CT molecular complexity index is 946. The molecule has 3 aromatic rings. The second-order valence-corrected chi connectivity index (χ2v) is 7.55. The summed E-state index contributed by atoms with van der Waals surface area (Å²) in [5, 5.41) is 11.1. The molecule has 4 nitrogen and oxygen atoms in total. The van der Waals surface area contributed by atoms with Gasteiger partial charge in [-0.25, -0.2) is 0 Å². The van der Waals surface area contributed by atoms with Crippen molar-refractivity contribution in [1.29, 1.82) is 0 Å². The van der Waals surface area contributed by atoms with Crippen molar-refractivity contribution in [2.75, 3.05) is 7.11 Å². The van der Waals surface area contributed by atoms with E-state index in [2.05, 4.69) is 11.1 Å². The topological polar surface area (TPSA) is 51.6 Å². The fourth-order valence-corrected chi connectivity index (χ4v) is 3.39. The SMILES string of the molecule is COc1cc(Cl)ccc1-c1ccc(O[C@@H](C)[C@H](O)CCc2cccnc2)c(C)c1. The van der Waals surface area contributed by atoms with Crippen molar-refractivity contribution in [2.45, 2.75) is 38.9 Å². The second-order valence-electron chi connectivity index (χ2n) is 7.12. The number of halogens is 1. The van der Waals surface area contributed by atoms with Crippen LogP contribution in [0.1, 0.15) is 24.5 Å². The molecule has 1 aromatic heterocycles. The van der Waals surface area contributed by atoms with Gasteiger partial charge in [-0.3, -0.25) is 4.98 Å². The highest BCUT2D eigenvalue weighted by atomic mass is 35.5. The molecule has 0 fully saturated rings. The Morgan fingerprint density at radius 3 is 2.62 bits per heavy atom. The van der Waals surface area contributed by atoms with Gasteiger partial charge in [0.1, 0.15) is 17.6 Å². The molecule has 0 bridgehead atoms. The van der Waals surface area contributed by atoms with Crippen LogP contribution in [-0.4, -0.2) is 29.4 Å². The average molecular weight is 412 g/mol. The Balaban J connectivity index is 1.67. The second kappa shape index (κ2) is 9.77.